The van der Waals surface area contributed by atoms with E-state index in [1.165, 1.54) is 30.0 Å². The van der Waals surface area contributed by atoms with E-state index in [9.17, 15) is 14.9 Å². The summed E-state index contributed by atoms with van der Waals surface area (Å²) in [6.45, 7) is 1.73. The maximum Gasteiger partial charge on any atom is 0.289 e. The zero-order valence-electron chi connectivity index (χ0n) is 14.0. The van der Waals surface area contributed by atoms with Crippen molar-refractivity contribution >= 4 is 40.6 Å². The van der Waals surface area contributed by atoms with Crippen LogP contribution < -0.4 is 5.32 Å². The fraction of sp³-hybridized carbons (Fsp3) is 0.118. The van der Waals surface area contributed by atoms with Gasteiger partial charge in [-0.2, -0.15) is 4.98 Å². The van der Waals surface area contributed by atoms with Gasteiger partial charge in [0, 0.05) is 16.6 Å². The second kappa shape index (κ2) is 8.19. The highest BCUT2D eigenvalue weighted by molar-refractivity contribution is 7.98. The van der Waals surface area contributed by atoms with Gasteiger partial charge in [0.15, 0.2) is 5.82 Å². The Labute approximate surface area is 163 Å². The third kappa shape index (κ3) is 4.63. The van der Waals surface area contributed by atoms with Gasteiger partial charge in [-0.05, 0) is 31.2 Å². The predicted molar refractivity (Wildman–Crippen MR) is 101 cm³/mol. The number of aromatic nitrogens is 2. The first kappa shape index (κ1) is 18.9. The van der Waals surface area contributed by atoms with E-state index in [-0.39, 0.29) is 16.4 Å². The molecular weight excluding hydrogens is 392 g/mol. The van der Waals surface area contributed by atoms with Gasteiger partial charge in [0.25, 0.3) is 11.6 Å². The van der Waals surface area contributed by atoms with Gasteiger partial charge < -0.3 is 9.84 Å². The summed E-state index contributed by atoms with van der Waals surface area (Å²) in [5, 5.41) is 17.4. The first-order valence-corrected chi connectivity index (χ1v) is 9.06. The number of nitro benzene ring substituents is 1. The summed E-state index contributed by atoms with van der Waals surface area (Å²) in [4.78, 5) is 27.9. The van der Waals surface area contributed by atoms with Crippen molar-refractivity contribution in [3.8, 4) is 0 Å². The summed E-state index contributed by atoms with van der Waals surface area (Å²) in [5.74, 6) is 1.02. The van der Waals surface area contributed by atoms with Gasteiger partial charge in [-0.25, -0.2) is 0 Å². The van der Waals surface area contributed by atoms with Crippen molar-refractivity contribution in [1.29, 1.82) is 0 Å². The normalized spacial score (nSPS) is 10.6. The number of aryl methyl sites for hydroxylation is 1. The van der Waals surface area contributed by atoms with Crippen molar-refractivity contribution in [2.75, 3.05) is 5.32 Å². The number of thioether (sulfide) groups is 1. The van der Waals surface area contributed by atoms with Gasteiger partial charge in [0.2, 0.25) is 5.89 Å². The maximum atomic E-state index is 12.6. The average Bonchev–Trinajstić information content (AvgIpc) is 3.07. The Hall–Kier alpha value is -2.91. The molecule has 138 valence electrons. The Morgan fingerprint density at radius 3 is 2.81 bits per heavy atom. The molecule has 1 amide bonds. The molecule has 0 spiro atoms. The van der Waals surface area contributed by atoms with Gasteiger partial charge >= 0.3 is 0 Å². The molecule has 1 heterocycles. The molecule has 3 rings (SSSR count). The SMILES string of the molecule is Cc1noc(CSc2ccccc2C(=O)Nc2ccc(Cl)c([N+](=O)[O-])c2)n1. The van der Waals surface area contributed by atoms with Crippen molar-refractivity contribution in [1.82, 2.24) is 10.1 Å². The number of nitro groups is 1. The molecule has 0 aliphatic heterocycles. The smallest absolute Gasteiger partial charge is 0.289 e. The van der Waals surface area contributed by atoms with Crippen molar-refractivity contribution in [2.24, 2.45) is 0 Å². The second-order valence-corrected chi connectivity index (χ2v) is 6.82. The molecule has 10 heteroatoms. The van der Waals surface area contributed by atoms with Crippen molar-refractivity contribution < 1.29 is 14.2 Å². The highest BCUT2D eigenvalue weighted by Crippen LogP contribution is 2.29. The molecule has 2 aromatic carbocycles. The molecule has 8 nitrogen and oxygen atoms in total. The van der Waals surface area contributed by atoms with Crippen LogP contribution in [-0.4, -0.2) is 21.0 Å². The fourth-order valence-corrected chi connectivity index (χ4v) is 3.32. The molecule has 1 N–H and O–H groups in total. The van der Waals surface area contributed by atoms with Crippen LogP contribution in [0.25, 0.3) is 0 Å². The summed E-state index contributed by atoms with van der Waals surface area (Å²) >= 11 is 7.17. The second-order valence-electron chi connectivity index (χ2n) is 5.40. The number of hydrogen-bond acceptors (Lipinski definition) is 7. The van der Waals surface area contributed by atoms with Crippen LogP contribution in [0.4, 0.5) is 11.4 Å². The Kier molecular flexibility index (Phi) is 5.72. The Bertz CT molecular complexity index is 1010. The number of anilines is 1. The Morgan fingerprint density at radius 2 is 2.11 bits per heavy atom. The molecule has 0 saturated heterocycles. The number of rotatable bonds is 6. The average molecular weight is 405 g/mol. The molecule has 27 heavy (non-hydrogen) atoms. The molecule has 0 bridgehead atoms. The van der Waals surface area contributed by atoms with Crippen LogP contribution in [0.2, 0.25) is 5.02 Å². The van der Waals surface area contributed by atoms with Gasteiger partial charge in [-0.15, -0.1) is 11.8 Å². The van der Waals surface area contributed by atoms with Crippen molar-refractivity contribution in [2.45, 2.75) is 17.6 Å². The number of carbonyl (C=O) groups excluding carboxylic acids is 1. The van der Waals surface area contributed by atoms with Crippen molar-refractivity contribution in [3.63, 3.8) is 0 Å². The molecule has 0 atom stereocenters. The topological polar surface area (TPSA) is 111 Å². The first-order valence-electron chi connectivity index (χ1n) is 7.70. The van der Waals surface area contributed by atoms with Gasteiger partial charge in [-0.3, -0.25) is 14.9 Å². The minimum Gasteiger partial charge on any atom is -0.338 e. The van der Waals surface area contributed by atoms with Gasteiger partial charge in [-0.1, -0.05) is 28.9 Å². The fourth-order valence-electron chi connectivity index (χ4n) is 2.25. The summed E-state index contributed by atoms with van der Waals surface area (Å²) in [6, 6.07) is 11.1. The third-order valence-corrected chi connectivity index (χ3v) is 4.83. The molecule has 0 fully saturated rings. The zero-order chi connectivity index (χ0) is 19.4. The summed E-state index contributed by atoms with van der Waals surface area (Å²) in [5.41, 5.74) is 0.434. The first-order chi connectivity index (χ1) is 12.9. The van der Waals surface area contributed by atoms with Crippen LogP contribution in [0.15, 0.2) is 51.9 Å². The standard InChI is InChI=1S/C17H13ClN4O4S/c1-10-19-16(26-21-10)9-27-15-5-3-2-4-12(15)17(23)20-11-6-7-13(18)14(8-11)22(24)25/h2-8H,9H2,1H3,(H,20,23). The highest BCUT2D eigenvalue weighted by atomic mass is 35.5. The highest BCUT2D eigenvalue weighted by Gasteiger charge is 2.16. The van der Waals surface area contributed by atoms with Crippen LogP contribution in [0, 0.1) is 17.0 Å². The third-order valence-electron chi connectivity index (χ3n) is 3.45. The molecule has 0 radical (unpaired) electrons. The Balaban J connectivity index is 1.77. The number of nitrogens with zero attached hydrogens (tertiary/aromatic N) is 3. The summed E-state index contributed by atoms with van der Waals surface area (Å²) in [6.07, 6.45) is 0. The lowest BCUT2D eigenvalue weighted by molar-refractivity contribution is -0.384. The number of halogens is 1. The van der Waals surface area contributed by atoms with E-state index >= 15 is 0 Å². The molecular formula is C17H13ClN4O4S. The van der Waals surface area contributed by atoms with Gasteiger partial charge in [0.1, 0.15) is 5.02 Å². The van der Waals surface area contributed by atoms with E-state index in [4.69, 9.17) is 16.1 Å². The Morgan fingerprint density at radius 1 is 1.33 bits per heavy atom. The van der Waals surface area contributed by atoms with E-state index in [1.807, 2.05) is 6.07 Å². The van der Waals surface area contributed by atoms with E-state index in [0.717, 1.165) is 0 Å². The predicted octanol–water partition coefficient (Wildman–Crippen LogP) is 4.48. The zero-order valence-corrected chi connectivity index (χ0v) is 15.6. The van der Waals surface area contributed by atoms with Crippen molar-refractivity contribution in [3.05, 3.63) is 74.9 Å². The van der Waals surface area contributed by atoms with E-state index in [0.29, 0.717) is 27.9 Å². The summed E-state index contributed by atoms with van der Waals surface area (Å²) < 4.78 is 5.07. The van der Waals surface area contributed by atoms with Crippen LogP contribution in [0.1, 0.15) is 22.1 Å². The number of benzene rings is 2. The molecule has 0 aliphatic rings. The lowest BCUT2D eigenvalue weighted by Gasteiger charge is -2.09. The molecule has 0 unspecified atom stereocenters. The number of nitrogens with one attached hydrogen (secondary N) is 1. The minimum absolute atomic E-state index is 0.00352. The molecule has 0 aliphatic carbocycles. The lowest BCUT2D eigenvalue weighted by Crippen LogP contribution is -2.13. The molecule has 3 aromatic rings. The number of hydrogen-bond donors (Lipinski definition) is 1. The van der Waals surface area contributed by atoms with E-state index < -0.39 is 10.8 Å². The van der Waals surface area contributed by atoms with Crippen LogP contribution in [0.3, 0.4) is 0 Å². The number of amides is 1. The monoisotopic (exact) mass is 404 g/mol. The quantitative estimate of drug-likeness (QED) is 0.366. The maximum absolute atomic E-state index is 12.6. The lowest BCUT2D eigenvalue weighted by atomic mass is 10.2. The van der Waals surface area contributed by atoms with E-state index in [1.54, 1.807) is 25.1 Å². The minimum atomic E-state index is -0.603. The van der Waals surface area contributed by atoms with Crippen LogP contribution in [0.5, 0.6) is 0 Å². The van der Waals surface area contributed by atoms with E-state index in [2.05, 4.69) is 15.5 Å². The van der Waals surface area contributed by atoms with Crippen LogP contribution in [-0.2, 0) is 5.75 Å². The van der Waals surface area contributed by atoms with Crippen LogP contribution >= 0.6 is 23.4 Å². The molecule has 0 saturated carbocycles. The number of carbonyl (C=O) groups is 1. The van der Waals surface area contributed by atoms with Gasteiger partial charge in [0.05, 0.1) is 16.2 Å². The molecule has 1 aromatic heterocycles. The largest absolute Gasteiger partial charge is 0.338 e. The summed E-state index contributed by atoms with van der Waals surface area (Å²) in [7, 11) is 0.